The molecular formula is C24H18F2N2O3. The van der Waals surface area contributed by atoms with Crippen molar-refractivity contribution in [2.75, 3.05) is 17.3 Å². The second-order valence-electron chi connectivity index (χ2n) is 6.98. The molecule has 1 aliphatic rings. The minimum absolute atomic E-state index is 0.0537. The molecule has 31 heavy (non-hydrogen) atoms. The molecule has 0 bridgehead atoms. The van der Waals surface area contributed by atoms with Crippen LogP contribution in [0.15, 0.2) is 72.4 Å². The zero-order valence-electron chi connectivity index (χ0n) is 16.8. The quantitative estimate of drug-likeness (QED) is 0.609. The number of aryl methyl sites for hydroxylation is 1. The molecule has 3 aromatic carbocycles. The summed E-state index contributed by atoms with van der Waals surface area (Å²) in [6, 6.07) is 16.5. The molecule has 0 fully saturated rings. The molecule has 0 unspecified atom stereocenters. The number of amides is 2. The topological polar surface area (TPSA) is 58.6 Å². The third kappa shape index (κ3) is 3.66. The van der Waals surface area contributed by atoms with Gasteiger partial charge in [-0.1, -0.05) is 42.0 Å². The number of rotatable bonds is 5. The van der Waals surface area contributed by atoms with Crippen molar-refractivity contribution >= 4 is 28.8 Å². The first kappa shape index (κ1) is 20.3. The first-order chi connectivity index (χ1) is 14.9. The van der Waals surface area contributed by atoms with Crippen LogP contribution in [0.5, 0.6) is 5.75 Å². The highest BCUT2D eigenvalue weighted by Crippen LogP contribution is 2.36. The molecule has 0 aliphatic carbocycles. The number of ether oxygens (including phenoxy) is 1. The van der Waals surface area contributed by atoms with Crippen LogP contribution in [0, 0.1) is 18.6 Å². The van der Waals surface area contributed by atoms with Crippen LogP contribution in [0.2, 0.25) is 0 Å². The maximum atomic E-state index is 14.5. The lowest BCUT2D eigenvalue weighted by Gasteiger charge is -2.16. The van der Waals surface area contributed by atoms with Crippen LogP contribution >= 0.6 is 0 Å². The number of carbonyl (C=O) groups excluding carboxylic acids is 2. The Labute approximate surface area is 177 Å². The van der Waals surface area contributed by atoms with Crippen molar-refractivity contribution in [3.63, 3.8) is 0 Å². The van der Waals surface area contributed by atoms with Crippen LogP contribution in [-0.2, 0) is 9.59 Å². The van der Waals surface area contributed by atoms with E-state index in [1.54, 1.807) is 48.5 Å². The Hall–Kier alpha value is -4.00. The molecule has 5 nitrogen and oxygen atoms in total. The van der Waals surface area contributed by atoms with Crippen LogP contribution in [0.25, 0.3) is 5.57 Å². The van der Waals surface area contributed by atoms with E-state index in [1.165, 1.54) is 7.11 Å². The summed E-state index contributed by atoms with van der Waals surface area (Å²) in [5, 5.41) is 2.96. The van der Waals surface area contributed by atoms with Gasteiger partial charge < -0.3 is 10.1 Å². The summed E-state index contributed by atoms with van der Waals surface area (Å²) < 4.78 is 33.6. The molecule has 156 valence electrons. The van der Waals surface area contributed by atoms with E-state index in [4.69, 9.17) is 4.74 Å². The van der Waals surface area contributed by atoms with Gasteiger partial charge in [-0.15, -0.1) is 0 Å². The predicted octanol–water partition coefficient (Wildman–Crippen LogP) is 4.68. The lowest BCUT2D eigenvalue weighted by atomic mass is 10.0. The van der Waals surface area contributed by atoms with E-state index in [0.717, 1.165) is 23.8 Å². The smallest absolute Gasteiger partial charge is 0.282 e. The number of hydrogen-bond acceptors (Lipinski definition) is 4. The number of imide groups is 1. The molecule has 7 heteroatoms. The Morgan fingerprint density at radius 2 is 1.61 bits per heavy atom. The van der Waals surface area contributed by atoms with Gasteiger partial charge in [-0.25, -0.2) is 13.7 Å². The van der Waals surface area contributed by atoms with Crippen LogP contribution in [0.4, 0.5) is 20.2 Å². The van der Waals surface area contributed by atoms with E-state index in [-0.39, 0.29) is 11.3 Å². The fourth-order valence-electron chi connectivity index (χ4n) is 3.39. The summed E-state index contributed by atoms with van der Waals surface area (Å²) in [5.41, 5.74) is 1.44. The Kier molecular flexibility index (Phi) is 5.25. The van der Waals surface area contributed by atoms with E-state index in [9.17, 15) is 18.4 Å². The van der Waals surface area contributed by atoms with Gasteiger partial charge in [0.15, 0.2) is 0 Å². The maximum absolute atomic E-state index is 14.5. The van der Waals surface area contributed by atoms with Gasteiger partial charge in [0.2, 0.25) is 0 Å². The number of halogens is 2. The lowest BCUT2D eigenvalue weighted by molar-refractivity contribution is -0.120. The lowest BCUT2D eigenvalue weighted by Crippen LogP contribution is -2.33. The number of para-hydroxylation sites is 2. The molecule has 1 N–H and O–H groups in total. The molecule has 1 aliphatic heterocycles. The third-order valence-corrected chi connectivity index (χ3v) is 4.94. The molecule has 0 aromatic heterocycles. The van der Waals surface area contributed by atoms with Gasteiger partial charge in [-0.2, -0.15) is 0 Å². The summed E-state index contributed by atoms with van der Waals surface area (Å²) >= 11 is 0. The highest BCUT2D eigenvalue weighted by molar-refractivity contribution is 6.46. The van der Waals surface area contributed by atoms with Crippen molar-refractivity contribution < 1.29 is 23.1 Å². The Morgan fingerprint density at radius 1 is 0.903 bits per heavy atom. The molecule has 0 atom stereocenters. The SMILES string of the molecule is COc1ccccc1NC1=C(c2ccc(C)cc2)C(=O)N(c2cc(F)ccc2F)C1=O. The molecule has 4 rings (SSSR count). The molecule has 1 heterocycles. The van der Waals surface area contributed by atoms with Crippen LogP contribution in [-0.4, -0.2) is 18.9 Å². The molecule has 0 radical (unpaired) electrons. The number of anilines is 2. The number of carbonyl (C=O) groups is 2. The van der Waals surface area contributed by atoms with E-state index in [0.29, 0.717) is 21.9 Å². The number of hydrogen-bond donors (Lipinski definition) is 1. The van der Waals surface area contributed by atoms with E-state index < -0.39 is 29.1 Å². The van der Waals surface area contributed by atoms with Crippen LogP contribution in [0.3, 0.4) is 0 Å². The van der Waals surface area contributed by atoms with E-state index in [2.05, 4.69) is 5.32 Å². The van der Waals surface area contributed by atoms with Gasteiger partial charge in [-0.05, 0) is 36.8 Å². The standard InChI is InChI=1S/C24H18F2N2O3/c1-14-7-9-15(10-8-14)21-22(27-18-5-3-4-6-20(18)31-2)24(30)28(23(21)29)19-13-16(25)11-12-17(19)26/h3-13,27H,1-2H3. The second kappa shape index (κ2) is 8.02. The van der Waals surface area contributed by atoms with Gasteiger partial charge in [0.25, 0.3) is 11.8 Å². The number of nitrogens with one attached hydrogen (secondary N) is 1. The van der Waals surface area contributed by atoms with Crippen molar-refractivity contribution in [2.24, 2.45) is 0 Å². The minimum Gasteiger partial charge on any atom is -0.495 e. The van der Waals surface area contributed by atoms with E-state index >= 15 is 0 Å². The monoisotopic (exact) mass is 420 g/mol. The van der Waals surface area contributed by atoms with Crippen LogP contribution < -0.4 is 15.0 Å². The highest BCUT2D eigenvalue weighted by atomic mass is 19.1. The zero-order valence-corrected chi connectivity index (χ0v) is 16.8. The number of nitrogens with zero attached hydrogens (tertiary/aromatic N) is 1. The first-order valence-electron chi connectivity index (χ1n) is 9.46. The molecule has 0 saturated heterocycles. The summed E-state index contributed by atoms with van der Waals surface area (Å²) in [7, 11) is 1.48. The first-order valence-corrected chi connectivity index (χ1v) is 9.46. The normalized spacial score (nSPS) is 13.7. The van der Waals surface area contributed by atoms with Gasteiger partial charge in [0.05, 0.1) is 24.1 Å². The summed E-state index contributed by atoms with van der Waals surface area (Å²) in [6.45, 7) is 1.89. The zero-order chi connectivity index (χ0) is 22.1. The van der Waals surface area contributed by atoms with Crippen molar-refractivity contribution in [1.82, 2.24) is 0 Å². The molecule has 3 aromatic rings. The van der Waals surface area contributed by atoms with Crippen molar-refractivity contribution in [1.29, 1.82) is 0 Å². The summed E-state index contributed by atoms with van der Waals surface area (Å²) in [6.07, 6.45) is 0. The average molecular weight is 420 g/mol. The highest BCUT2D eigenvalue weighted by Gasteiger charge is 2.41. The third-order valence-electron chi connectivity index (χ3n) is 4.94. The fourth-order valence-corrected chi connectivity index (χ4v) is 3.39. The average Bonchev–Trinajstić information content (AvgIpc) is 3.00. The van der Waals surface area contributed by atoms with Crippen molar-refractivity contribution in [3.05, 3.63) is 95.2 Å². The number of benzene rings is 3. The fraction of sp³-hybridized carbons (Fsp3) is 0.0833. The Balaban J connectivity index is 1.87. The number of methoxy groups -OCH3 is 1. The summed E-state index contributed by atoms with van der Waals surface area (Å²) in [4.78, 5) is 27.2. The summed E-state index contributed by atoms with van der Waals surface area (Å²) in [5.74, 6) is -2.74. The molecule has 0 spiro atoms. The largest absolute Gasteiger partial charge is 0.495 e. The molecule has 2 amide bonds. The maximum Gasteiger partial charge on any atom is 0.282 e. The van der Waals surface area contributed by atoms with Crippen LogP contribution in [0.1, 0.15) is 11.1 Å². The Morgan fingerprint density at radius 3 is 2.32 bits per heavy atom. The minimum atomic E-state index is -0.884. The molecule has 0 saturated carbocycles. The van der Waals surface area contributed by atoms with Gasteiger partial charge in [0.1, 0.15) is 23.1 Å². The van der Waals surface area contributed by atoms with Crippen molar-refractivity contribution in [2.45, 2.75) is 6.92 Å². The van der Waals surface area contributed by atoms with Gasteiger partial charge in [-0.3, -0.25) is 9.59 Å². The van der Waals surface area contributed by atoms with Gasteiger partial charge >= 0.3 is 0 Å². The second-order valence-corrected chi connectivity index (χ2v) is 6.98. The predicted molar refractivity (Wildman–Crippen MR) is 114 cm³/mol. The van der Waals surface area contributed by atoms with Crippen molar-refractivity contribution in [3.8, 4) is 5.75 Å². The molecular weight excluding hydrogens is 402 g/mol. The van der Waals surface area contributed by atoms with E-state index in [1.807, 2.05) is 6.92 Å². The Bertz CT molecular complexity index is 1220. The van der Waals surface area contributed by atoms with Gasteiger partial charge in [0, 0.05) is 6.07 Å².